The summed E-state index contributed by atoms with van der Waals surface area (Å²) in [6.45, 7) is 2.98. The zero-order valence-corrected chi connectivity index (χ0v) is 8.18. The predicted octanol–water partition coefficient (Wildman–Crippen LogP) is 2.54. The van der Waals surface area contributed by atoms with Gasteiger partial charge in [-0.3, -0.25) is 0 Å². The van der Waals surface area contributed by atoms with Crippen LogP contribution in [-0.2, 0) is 0 Å². The van der Waals surface area contributed by atoms with Gasteiger partial charge < -0.3 is 5.32 Å². The molecule has 0 aliphatic heterocycles. The minimum atomic E-state index is -0.0916. The number of hydrogen-bond donors (Lipinski definition) is 1. The maximum atomic E-state index is 13.2. The average molecular weight is 181 g/mol. The molecular weight excluding hydrogens is 165 g/mol. The molecule has 0 spiro atoms. The molecule has 1 N–H and O–H groups in total. The van der Waals surface area contributed by atoms with Crippen molar-refractivity contribution in [2.24, 2.45) is 0 Å². The van der Waals surface area contributed by atoms with Crippen LogP contribution in [0.4, 0.5) is 4.39 Å². The van der Waals surface area contributed by atoms with E-state index in [1.54, 1.807) is 6.07 Å². The summed E-state index contributed by atoms with van der Waals surface area (Å²) >= 11 is 0. The van der Waals surface area contributed by atoms with Crippen LogP contribution in [0.5, 0.6) is 0 Å². The predicted molar refractivity (Wildman–Crippen MR) is 53.4 cm³/mol. The Labute approximate surface area is 79.0 Å². The lowest BCUT2D eigenvalue weighted by atomic mass is 9.97. The number of rotatable bonds is 4. The Morgan fingerprint density at radius 3 is 2.69 bits per heavy atom. The highest BCUT2D eigenvalue weighted by molar-refractivity contribution is 5.20. The van der Waals surface area contributed by atoms with Crippen molar-refractivity contribution in [3.63, 3.8) is 0 Å². The van der Waals surface area contributed by atoms with E-state index in [2.05, 4.69) is 12.2 Å². The lowest BCUT2D eigenvalue weighted by Crippen LogP contribution is -2.11. The first-order chi connectivity index (χ1) is 6.25. The molecule has 1 rings (SSSR count). The fraction of sp³-hybridized carbons (Fsp3) is 0.455. The molecule has 1 aromatic rings. The summed E-state index contributed by atoms with van der Waals surface area (Å²) in [5, 5.41) is 3.07. The normalized spacial score (nSPS) is 12.8. The molecule has 0 bridgehead atoms. The number of halogens is 1. The molecule has 0 aliphatic rings. The standard InChI is InChI=1S/C11H16FN/c1-9(7-8-13-2)10-5-3-4-6-11(10)12/h3-6,9,13H,7-8H2,1-2H3. The van der Waals surface area contributed by atoms with E-state index in [-0.39, 0.29) is 11.7 Å². The second-order valence-corrected chi connectivity index (χ2v) is 3.31. The van der Waals surface area contributed by atoms with Crippen LogP contribution in [0.1, 0.15) is 24.8 Å². The molecule has 1 atom stereocenters. The van der Waals surface area contributed by atoms with Gasteiger partial charge in [-0.25, -0.2) is 4.39 Å². The molecule has 0 saturated carbocycles. The van der Waals surface area contributed by atoms with Gasteiger partial charge in [0.05, 0.1) is 0 Å². The van der Waals surface area contributed by atoms with E-state index < -0.39 is 0 Å². The third-order valence-electron chi connectivity index (χ3n) is 2.26. The molecule has 1 aromatic carbocycles. The molecule has 0 fully saturated rings. The van der Waals surface area contributed by atoms with Gasteiger partial charge in [0.2, 0.25) is 0 Å². The van der Waals surface area contributed by atoms with E-state index in [0.29, 0.717) is 0 Å². The van der Waals surface area contributed by atoms with Crippen LogP contribution in [-0.4, -0.2) is 13.6 Å². The van der Waals surface area contributed by atoms with Gasteiger partial charge in [0.25, 0.3) is 0 Å². The second kappa shape index (κ2) is 4.97. The highest BCUT2D eigenvalue weighted by Crippen LogP contribution is 2.20. The van der Waals surface area contributed by atoms with Crippen molar-refractivity contribution in [2.45, 2.75) is 19.3 Å². The Kier molecular flexibility index (Phi) is 3.90. The first-order valence-electron chi connectivity index (χ1n) is 4.64. The Hall–Kier alpha value is -0.890. The molecule has 0 radical (unpaired) electrons. The van der Waals surface area contributed by atoms with Crippen molar-refractivity contribution < 1.29 is 4.39 Å². The average Bonchev–Trinajstić information content (AvgIpc) is 2.15. The van der Waals surface area contributed by atoms with E-state index in [4.69, 9.17) is 0 Å². The van der Waals surface area contributed by atoms with E-state index in [9.17, 15) is 4.39 Å². The fourth-order valence-corrected chi connectivity index (χ4v) is 1.39. The van der Waals surface area contributed by atoms with Gasteiger partial charge in [-0.1, -0.05) is 25.1 Å². The topological polar surface area (TPSA) is 12.0 Å². The molecule has 2 heteroatoms. The molecule has 0 aromatic heterocycles. The quantitative estimate of drug-likeness (QED) is 0.752. The summed E-state index contributed by atoms with van der Waals surface area (Å²) in [4.78, 5) is 0. The summed E-state index contributed by atoms with van der Waals surface area (Å²) < 4.78 is 13.2. The maximum absolute atomic E-state index is 13.2. The zero-order chi connectivity index (χ0) is 9.68. The van der Waals surface area contributed by atoms with Crippen LogP contribution in [0.3, 0.4) is 0 Å². The molecule has 0 amide bonds. The van der Waals surface area contributed by atoms with Gasteiger partial charge in [0.1, 0.15) is 5.82 Å². The van der Waals surface area contributed by atoms with Gasteiger partial charge >= 0.3 is 0 Å². The van der Waals surface area contributed by atoms with Gasteiger partial charge in [0.15, 0.2) is 0 Å². The van der Waals surface area contributed by atoms with Crippen molar-refractivity contribution >= 4 is 0 Å². The molecule has 72 valence electrons. The molecule has 1 nitrogen and oxygen atoms in total. The fourth-order valence-electron chi connectivity index (χ4n) is 1.39. The lowest BCUT2D eigenvalue weighted by molar-refractivity contribution is 0.565. The van der Waals surface area contributed by atoms with Gasteiger partial charge in [-0.2, -0.15) is 0 Å². The smallest absolute Gasteiger partial charge is 0.126 e. The van der Waals surface area contributed by atoms with Crippen LogP contribution in [0.2, 0.25) is 0 Å². The van der Waals surface area contributed by atoms with Crippen LogP contribution < -0.4 is 5.32 Å². The minimum absolute atomic E-state index is 0.0916. The lowest BCUT2D eigenvalue weighted by Gasteiger charge is -2.11. The SMILES string of the molecule is CNCCC(C)c1ccccc1F. The highest BCUT2D eigenvalue weighted by atomic mass is 19.1. The van der Waals surface area contributed by atoms with Crippen molar-refractivity contribution in [1.82, 2.24) is 5.32 Å². The minimum Gasteiger partial charge on any atom is -0.320 e. The summed E-state index contributed by atoms with van der Waals surface area (Å²) in [5.41, 5.74) is 0.817. The third-order valence-corrected chi connectivity index (χ3v) is 2.26. The maximum Gasteiger partial charge on any atom is 0.126 e. The van der Waals surface area contributed by atoms with Crippen molar-refractivity contribution in [3.8, 4) is 0 Å². The Bertz CT molecular complexity index is 260. The molecular formula is C11H16FN. The van der Waals surface area contributed by atoms with Gasteiger partial charge in [-0.15, -0.1) is 0 Å². The molecule has 0 heterocycles. The third kappa shape index (κ3) is 2.81. The zero-order valence-electron chi connectivity index (χ0n) is 8.18. The largest absolute Gasteiger partial charge is 0.320 e. The van der Waals surface area contributed by atoms with E-state index in [1.807, 2.05) is 19.2 Å². The summed E-state index contributed by atoms with van der Waals surface area (Å²) in [5.74, 6) is 0.194. The van der Waals surface area contributed by atoms with Crippen LogP contribution in [0, 0.1) is 5.82 Å². The molecule has 0 aliphatic carbocycles. The van der Waals surface area contributed by atoms with E-state index in [1.165, 1.54) is 6.07 Å². The summed E-state index contributed by atoms with van der Waals surface area (Å²) in [6.07, 6.45) is 0.970. The van der Waals surface area contributed by atoms with Crippen LogP contribution in [0.15, 0.2) is 24.3 Å². The first-order valence-corrected chi connectivity index (χ1v) is 4.64. The van der Waals surface area contributed by atoms with Crippen molar-refractivity contribution in [1.29, 1.82) is 0 Å². The van der Waals surface area contributed by atoms with Crippen LogP contribution >= 0.6 is 0 Å². The molecule has 13 heavy (non-hydrogen) atoms. The number of nitrogens with one attached hydrogen (secondary N) is 1. The van der Waals surface area contributed by atoms with Crippen LogP contribution in [0.25, 0.3) is 0 Å². The van der Waals surface area contributed by atoms with Crippen molar-refractivity contribution in [2.75, 3.05) is 13.6 Å². The monoisotopic (exact) mass is 181 g/mol. The summed E-state index contributed by atoms with van der Waals surface area (Å²) in [6, 6.07) is 6.98. The van der Waals surface area contributed by atoms with E-state index >= 15 is 0 Å². The van der Waals surface area contributed by atoms with Crippen molar-refractivity contribution in [3.05, 3.63) is 35.6 Å². The molecule has 1 unspecified atom stereocenters. The second-order valence-electron chi connectivity index (χ2n) is 3.31. The Morgan fingerprint density at radius 2 is 2.08 bits per heavy atom. The first kappa shape index (κ1) is 10.2. The van der Waals surface area contributed by atoms with E-state index in [0.717, 1.165) is 18.5 Å². The Balaban J connectivity index is 2.65. The number of benzene rings is 1. The number of hydrogen-bond acceptors (Lipinski definition) is 1. The Morgan fingerprint density at radius 1 is 1.38 bits per heavy atom. The van der Waals surface area contributed by atoms with Gasteiger partial charge in [-0.05, 0) is 37.6 Å². The van der Waals surface area contributed by atoms with Gasteiger partial charge in [0, 0.05) is 0 Å². The molecule has 0 saturated heterocycles. The summed E-state index contributed by atoms with van der Waals surface area (Å²) in [7, 11) is 1.91. The highest BCUT2D eigenvalue weighted by Gasteiger charge is 2.08.